The predicted octanol–water partition coefficient (Wildman–Crippen LogP) is -1.26. The van der Waals surface area contributed by atoms with Crippen molar-refractivity contribution in [2.45, 2.75) is 50.4 Å². The second kappa shape index (κ2) is 14.1. The zero-order valence-corrected chi connectivity index (χ0v) is 19.4. The molecule has 0 radical (unpaired) electrons. The van der Waals surface area contributed by atoms with Gasteiger partial charge in [0, 0.05) is 6.42 Å². The number of aliphatic carboxylic acids is 1. The zero-order chi connectivity index (χ0) is 25.0. The molecule has 4 atom stereocenters. The van der Waals surface area contributed by atoms with Gasteiger partial charge in [-0.15, -0.1) is 0 Å². The van der Waals surface area contributed by atoms with Crippen LogP contribution < -0.4 is 27.4 Å². The second-order valence-electron chi connectivity index (χ2n) is 7.45. The Kier molecular flexibility index (Phi) is 11.9. The maximum atomic E-state index is 13.0. The van der Waals surface area contributed by atoms with Gasteiger partial charge in [0.15, 0.2) is 0 Å². The van der Waals surface area contributed by atoms with Crippen LogP contribution in [0.25, 0.3) is 0 Å². The van der Waals surface area contributed by atoms with Crippen LogP contribution in [0.1, 0.15) is 25.3 Å². The first-order valence-corrected chi connectivity index (χ1v) is 11.6. The summed E-state index contributed by atoms with van der Waals surface area (Å²) in [6.45, 7) is 1.46. The summed E-state index contributed by atoms with van der Waals surface area (Å²) < 4.78 is 0. The average molecular weight is 482 g/mol. The molecule has 11 nitrogen and oxygen atoms in total. The fourth-order valence-corrected chi connectivity index (χ4v) is 3.28. The maximum Gasteiger partial charge on any atom is 0.326 e. The lowest BCUT2D eigenvalue weighted by Crippen LogP contribution is -2.58. The van der Waals surface area contributed by atoms with Gasteiger partial charge in [-0.1, -0.05) is 30.3 Å². The third-order valence-electron chi connectivity index (χ3n) is 4.59. The number of carbonyl (C=O) groups excluding carboxylic acids is 4. The smallest absolute Gasteiger partial charge is 0.326 e. The van der Waals surface area contributed by atoms with Gasteiger partial charge in [-0.3, -0.25) is 19.2 Å². The molecule has 4 unspecified atom stereocenters. The molecule has 1 aromatic rings. The molecule has 1 aromatic carbocycles. The van der Waals surface area contributed by atoms with Gasteiger partial charge in [-0.05, 0) is 30.9 Å². The Hall–Kier alpha value is -3.12. The van der Waals surface area contributed by atoms with Crippen LogP contribution in [0.15, 0.2) is 30.3 Å². The van der Waals surface area contributed by atoms with Gasteiger partial charge >= 0.3 is 5.97 Å². The van der Waals surface area contributed by atoms with Gasteiger partial charge in [-0.2, -0.15) is 11.8 Å². The van der Waals surface area contributed by atoms with Crippen LogP contribution in [-0.4, -0.2) is 70.9 Å². The SMILES string of the molecule is CSCCC(NC(=O)C(CC(N)=O)NC(=O)C(Cc1ccccc1)NC(=O)C(C)N)C(=O)O. The van der Waals surface area contributed by atoms with Crippen LogP contribution in [0.4, 0.5) is 0 Å². The number of thioether (sulfide) groups is 1. The lowest BCUT2D eigenvalue weighted by molar-refractivity contribution is -0.142. The van der Waals surface area contributed by atoms with Crippen molar-refractivity contribution in [3.8, 4) is 0 Å². The number of primary amides is 1. The number of hydrogen-bond donors (Lipinski definition) is 6. The van der Waals surface area contributed by atoms with Crippen molar-refractivity contribution in [2.75, 3.05) is 12.0 Å². The van der Waals surface area contributed by atoms with E-state index in [4.69, 9.17) is 11.5 Å². The van der Waals surface area contributed by atoms with E-state index >= 15 is 0 Å². The predicted molar refractivity (Wildman–Crippen MR) is 124 cm³/mol. The van der Waals surface area contributed by atoms with Gasteiger partial charge in [0.1, 0.15) is 18.1 Å². The van der Waals surface area contributed by atoms with Crippen molar-refractivity contribution in [1.29, 1.82) is 0 Å². The third-order valence-corrected chi connectivity index (χ3v) is 5.24. The summed E-state index contributed by atoms with van der Waals surface area (Å²) in [5.74, 6) is -3.83. The molecular formula is C21H31N5O6S. The minimum Gasteiger partial charge on any atom is -0.480 e. The average Bonchev–Trinajstić information content (AvgIpc) is 2.75. The van der Waals surface area contributed by atoms with Crippen molar-refractivity contribution in [2.24, 2.45) is 11.5 Å². The summed E-state index contributed by atoms with van der Waals surface area (Å²) in [7, 11) is 0. The number of benzene rings is 1. The summed E-state index contributed by atoms with van der Waals surface area (Å²) in [5.41, 5.74) is 11.5. The van der Waals surface area contributed by atoms with Gasteiger partial charge < -0.3 is 32.5 Å². The Morgan fingerprint density at radius 1 is 0.939 bits per heavy atom. The number of rotatable bonds is 14. The standard InChI is InChI=1S/C21H31N5O6S/c1-12(22)18(28)25-15(10-13-6-4-3-5-7-13)19(29)26-16(11-17(23)27)20(30)24-14(21(31)32)8-9-33-2/h3-7,12,14-16H,8-11,22H2,1-2H3,(H2,23,27)(H,24,30)(H,25,28)(H,26,29)(H,31,32). The summed E-state index contributed by atoms with van der Waals surface area (Å²) >= 11 is 1.41. The molecule has 4 amide bonds. The van der Waals surface area contributed by atoms with Crippen LogP contribution in [0.5, 0.6) is 0 Å². The van der Waals surface area contributed by atoms with E-state index in [-0.39, 0.29) is 12.8 Å². The molecule has 1 rings (SSSR count). The van der Waals surface area contributed by atoms with Crippen LogP contribution in [0.2, 0.25) is 0 Å². The van der Waals surface area contributed by atoms with E-state index in [1.54, 1.807) is 36.6 Å². The van der Waals surface area contributed by atoms with Gasteiger partial charge in [0.2, 0.25) is 23.6 Å². The molecule has 0 aliphatic rings. The largest absolute Gasteiger partial charge is 0.480 e. The molecule has 0 aliphatic carbocycles. The fourth-order valence-electron chi connectivity index (χ4n) is 2.81. The summed E-state index contributed by atoms with van der Waals surface area (Å²) in [4.78, 5) is 60.7. The monoisotopic (exact) mass is 481 g/mol. The quantitative estimate of drug-likeness (QED) is 0.189. The van der Waals surface area contributed by atoms with Crippen molar-refractivity contribution in [3.63, 3.8) is 0 Å². The van der Waals surface area contributed by atoms with Gasteiger partial charge in [0.25, 0.3) is 0 Å². The summed E-state index contributed by atoms with van der Waals surface area (Å²) in [6, 6.07) is 4.25. The van der Waals surface area contributed by atoms with Gasteiger partial charge in [0.05, 0.1) is 12.5 Å². The Balaban J connectivity index is 3.04. The van der Waals surface area contributed by atoms with E-state index < -0.39 is 60.2 Å². The molecular weight excluding hydrogens is 450 g/mol. The molecule has 33 heavy (non-hydrogen) atoms. The molecule has 0 saturated heterocycles. The molecule has 8 N–H and O–H groups in total. The first-order chi connectivity index (χ1) is 15.5. The van der Waals surface area contributed by atoms with E-state index in [0.717, 1.165) is 5.56 Å². The summed E-state index contributed by atoms with van der Waals surface area (Å²) in [5, 5.41) is 16.6. The molecule has 0 bridgehead atoms. The summed E-state index contributed by atoms with van der Waals surface area (Å²) in [6.07, 6.45) is 1.49. The highest BCUT2D eigenvalue weighted by Gasteiger charge is 2.31. The number of nitrogens with two attached hydrogens (primary N) is 2. The lowest BCUT2D eigenvalue weighted by atomic mass is 10.0. The normalized spacial score (nSPS) is 14.3. The van der Waals surface area contributed by atoms with Crippen LogP contribution >= 0.6 is 11.8 Å². The molecule has 0 saturated carbocycles. The number of carbonyl (C=O) groups is 5. The zero-order valence-electron chi connectivity index (χ0n) is 18.6. The Bertz CT molecular complexity index is 836. The topological polar surface area (TPSA) is 194 Å². The fraction of sp³-hybridized carbons (Fsp3) is 0.476. The Labute approximate surface area is 196 Å². The van der Waals surface area contributed by atoms with Crippen molar-refractivity contribution >= 4 is 41.4 Å². The highest BCUT2D eigenvalue weighted by atomic mass is 32.2. The van der Waals surface area contributed by atoms with E-state index in [2.05, 4.69) is 16.0 Å². The molecule has 0 heterocycles. The number of nitrogens with one attached hydrogen (secondary N) is 3. The van der Waals surface area contributed by atoms with Crippen LogP contribution in [0.3, 0.4) is 0 Å². The first-order valence-electron chi connectivity index (χ1n) is 10.3. The van der Waals surface area contributed by atoms with Crippen molar-refractivity contribution < 1.29 is 29.1 Å². The minimum absolute atomic E-state index is 0.0987. The van der Waals surface area contributed by atoms with Crippen LogP contribution in [0, 0.1) is 0 Å². The Morgan fingerprint density at radius 3 is 2.00 bits per heavy atom. The highest BCUT2D eigenvalue weighted by molar-refractivity contribution is 7.98. The molecule has 12 heteroatoms. The van der Waals surface area contributed by atoms with E-state index in [1.807, 2.05) is 0 Å². The number of carboxylic acids is 1. The second-order valence-corrected chi connectivity index (χ2v) is 8.44. The number of amides is 4. The van der Waals surface area contributed by atoms with E-state index in [9.17, 15) is 29.1 Å². The first kappa shape index (κ1) is 27.9. The lowest BCUT2D eigenvalue weighted by Gasteiger charge is -2.24. The molecule has 0 spiro atoms. The van der Waals surface area contributed by atoms with E-state index in [1.165, 1.54) is 18.7 Å². The van der Waals surface area contributed by atoms with Crippen LogP contribution in [-0.2, 0) is 30.4 Å². The van der Waals surface area contributed by atoms with Crippen molar-refractivity contribution in [3.05, 3.63) is 35.9 Å². The van der Waals surface area contributed by atoms with Gasteiger partial charge in [-0.25, -0.2) is 4.79 Å². The Morgan fingerprint density at radius 2 is 1.48 bits per heavy atom. The minimum atomic E-state index is -1.42. The molecule has 0 aromatic heterocycles. The number of hydrogen-bond acceptors (Lipinski definition) is 7. The highest BCUT2D eigenvalue weighted by Crippen LogP contribution is 2.06. The van der Waals surface area contributed by atoms with E-state index in [0.29, 0.717) is 5.75 Å². The van der Waals surface area contributed by atoms with Crippen molar-refractivity contribution in [1.82, 2.24) is 16.0 Å². The molecule has 182 valence electrons. The molecule has 0 aliphatic heterocycles. The number of carboxylic acid groups (broad SMARTS) is 1. The third kappa shape index (κ3) is 10.4. The maximum absolute atomic E-state index is 13.0. The molecule has 0 fully saturated rings.